The molecule has 1 heterocycles. The van der Waals surface area contributed by atoms with Crippen LogP contribution in [-0.4, -0.2) is 12.6 Å². The highest BCUT2D eigenvalue weighted by atomic mass is 15.2. The molecule has 1 aliphatic heterocycles. The van der Waals surface area contributed by atoms with Crippen LogP contribution in [0.25, 0.3) is 0 Å². The predicted molar refractivity (Wildman–Crippen MR) is 33.0 cm³/mol. The fourth-order valence-electron chi connectivity index (χ4n) is 0.998. The standard InChI is InChI=1S/C6H12N2/c1-3-6-4-7-8-5(6)2/h5-6H,3-4H2,1-2H3. The quantitative estimate of drug-likeness (QED) is 0.494. The van der Waals surface area contributed by atoms with Crippen LogP contribution in [0, 0.1) is 5.92 Å². The Kier molecular flexibility index (Phi) is 1.61. The fraction of sp³-hybridized carbons (Fsp3) is 1.00. The third-order valence-corrected chi connectivity index (χ3v) is 1.79. The van der Waals surface area contributed by atoms with Crippen LogP contribution in [0.2, 0.25) is 0 Å². The number of nitrogens with zero attached hydrogens (tertiary/aromatic N) is 2. The van der Waals surface area contributed by atoms with Crippen LogP contribution in [0.4, 0.5) is 0 Å². The maximum absolute atomic E-state index is 4.01. The van der Waals surface area contributed by atoms with E-state index in [2.05, 4.69) is 24.1 Å². The Hall–Kier alpha value is -0.400. The van der Waals surface area contributed by atoms with Gasteiger partial charge in [0.15, 0.2) is 0 Å². The number of hydrogen-bond donors (Lipinski definition) is 0. The summed E-state index contributed by atoms with van der Waals surface area (Å²) in [7, 11) is 0. The lowest BCUT2D eigenvalue weighted by molar-refractivity contribution is 0.494. The van der Waals surface area contributed by atoms with Gasteiger partial charge in [-0.1, -0.05) is 6.92 Å². The summed E-state index contributed by atoms with van der Waals surface area (Å²) in [6.45, 7) is 5.28. The molecule has 0 saturated heterocycles. The molecule has 0 spiro atoms. The summed E-state index contributed by atoms with van der Waals surface area (Å²) in [4.78, 5) is 0. The van der Waals surface area contributed by atoms with Crippen LogP contribution < -0.4 is 0 Å². The first-order valence-electron chi connectivity index (χ1n) is 3.21. The monoisotopic (exact) mass is 112 g/mol. The Morgan fingerprint density at radius 1 is 1.62 bits per heavy atom. The Bertz CT molecular complexity index is 98.7. The molecule has 2 heteroatoms. The maximum Gasteiger partial charge on any atom is 0.0726 e. The van der Waals surface area contributed by atoms with Gasteiger partial charge in [0.05, 0.1) is 12.6 Å². The lowest BCUT2D eigenvalue weighted by Gasteiger charge is -2.06. The molecule has 1 rings (SSSR count). The van der Waals surface area contributed by atoms with Gasteiger partial charge >= 0.3 is 0 Å². The second-order valence-electron chi connectivity index (χ2n) is 2.35. The Morgan fingerprint density at radius 2 is 2.38 bits per heavy atom. The zero-order chi connectivity index (χ0) is 5.98. The summed E-state index contributed by atoms with van der Waals surface area (Å²) < 4.78 is 0. The van der Waals surface area contributed by atoms with Crippen molar-refractivity contribution in [1.82, 2.24) is 0 Å². The number of hydrogen-bond acceptors (Lipinski definition) is 2. The van der Waals surface area contributed by atoms with Gasteiger partial charge in [-0.2, -0.15) is 10.2 Å². The van der Waals surface area contributed by atoms with Gasteiger partial charge in [0, 0.05) is 5.92 Å². The molecule has 0 N–H and O–H groups in total. The zero-order valence-electron chi connectivity index (χ0n) is 5.46. The van der Waals surface area contributed by atoms with E-state index in [0.717, 1.165) is 12.5 Å². The van der Waals surface area contributed by atoms with Crippen molar-refractivity contribution >= 4 is 0 Å². The second kappa shape index (κ2) is 2.25. The van der Waals surface area contributed by atoms with E-state index in [1.165, 1.54) is 6.42 Å². The van der Waals surface area contributed by atoms with Gasteiger partial charge in [0.25, 0.3) is 0 Å². The van der Waals surface area contributed by atoms with Gasteiger partial charge in [0.2, 0.25) is 0 Å². The summed E-state index contributed by atoms with van der Waals surface area (Å²) in [5, 5.41) is 7.96. The average Bonchev–Trinajstić information content (AvgIpc) is 2.14. The molecule has 8 heavy (non-hydrogen) atoms. The van der Waals surface area contributed by atoms with Crippen molar-refractivity contribution in [2.24, 2.45) is 16.1 Å². The minimum Gasteiger partial charge on any atom is -0.194 e. The van der Waals surface area contributed by atoms with E-state index in [1.54, 1.807) is 0 Å². The Morgan fingerprint density at radius 3 is 2.62 bits per heavy atom. The molecule has 0 aromatic heterocycles. The van der Waals surface area contributed by atoms with Gasteiger partial charge in [0.1, 0.15) is 0 Å². The van der Waals surface area contributed by atoms with Crippen molar-refractivity contribution in [2.45, 2.75) is 26.3 Å². The van der Waals surface area contributed by atoms with Gasteiger partial charge in [-0.3, -0.25) is 0 Å². The van der Waals surface area contributed by atoms with E-state index in [0.29, 0.717) is 6.04 Å². The zero-order valence-corrected chi connectivity index (χ0v) is 5.46. The van der Waals surface area contributed by atoms with Gasteiger partial charge < -0.3 is 0 Å². The maximum atomic E-state index is 4.01. The molecule has 2 nitrogen and oxygen atoms in total. The number of rotatable bonds is 1. The Balaban J connectivity index is 2.38. The van der Waals surface area contributed by atoms with Crippen LogP contribution in [0.5, 0.6) is 0 Å². The van der Waals surface area contributed by atoms with E-state index in [1.807, 2.05) is 0 Å². The summed E-state index contributed by atoms with van der Waals surface area (Å²) in [5.74, 6) is 0.731. The highest BCUT2D eigenvalue weighted by Crippen LogP contribution is 2.18. The first kappa shape index (κ1) is 5.73. The van der Waals surface area contributed by atoms with Crippen LogP contribution in [0.15, 0.2) is 10.2 Å². The summed E-state index contributed by atoms with van der Waals surface area (Å²) in [6.07, 6.45) is 1.22. The van der Waals surface area contributed by atoms with E-state index in [-0.39, 0.29) is 0 Å². The topological polar surface area (TPSA) is 24.7 Å². The van der Waals surface area contributed by atoms with Crippen molar-refractivity contribution in [3.05, 3.63) is 0 Å². The molecule has 0 saturated carbocycles. The lowest BCUT2D eigenvalue weighted by Crippen LogP contribution is -2.10. The number of azo groups is 1. The largest absolute Gasteiger partial charge is 0.194 e. The SMILES string of the molecule is CCC1CN=NC1C. The van der Waals surface area contributed by atoms with E-state index < -0.39 is 0 Å². The minimum atomic E-state index is 0.486. The second-order valence-corrected chi connectivity index (χ2v) is 2.35. The third-order valence-electron chi connectivity index (χ3n) is 1.79. The minimum absolute atomic E-state index is 0.486. The molecule has 0 aromatic carbocycles. The van der Waals surface area contributed by atoms with Gasteiger partial charge in [-0.15, -0.1) is 0 Å². The molecule has 0 aliphatic carbocycles. The van der Waals surface area contributed by atoms with Crippen molar-refractivity contribution < 1.29 is 0 Å². The predicted octanol–water partition coefficient (Wildman–Crippen LogP) is 1.87. The molecule has 46 valence electrons. The van der Waals surface area contributed by atoms with Crippen molar-refractivity contribution in [2.75, 3.05) is 6.54 Å². The summed E-state index contributed by atoms with van der Waals surface area (Å²) in [6, 6.07) is 0.486. The van der Waals surface area contributed by atoms with E-state index in [9.17, 15) is 0 Å². The van der Waals surface area contributed by atoms with Crippen molar-refractivity contribution in [3.63, 3.8) is 0 Å². The summed E-state index contributed by atoms with van der Waals surface area (Å²) in [5.41, 5.74) is 0. The molecule has 0 aromatic rings. The molecule has 1 aliphatic rings. The molecule has 2 atom stereocenters. The first-order valence-corrected chi connectivity index (χ1v) is 3.21. The van der Waals surface area contributed by atoms with Crippen LogP contribution in [-0.2, 0) is 0 Å². The fourth-order valence-corrected chi connectivity index (χ4v) is 0.998. The first-order chi connectivity index (χ1) is 3.84. The Labute approximate surface area is 50.0 Å². The lowest BCUT2D eigenvalue weighted by atomic mass is 10.0. The molecule has 0 bridgehead atoms. The molecular formula is C6H12N2. The van der Waals surface area contributed by atoms with Crippen LogP contribution >= 0.6 is 0 Å². The normalized spacial score (nSPS) is 36.2. The van der Waals surface area contributed by atoms with Crippen LogP contribution in [0.1, 0.15) is 20.3 Å². The van der Waals surface area contributed by atoms with Crippen molar-refractivity contribution in [3.8, 4) is 0 Å². The summed E-state index contributed by atoms with van der Waals surface area (Å²) >= 11 is 0. The third kappa shape index (κ3) is 0.881. The molecular weight excluding hydrogens is 100 g/mol. The highest BCUT2D eigenvalue weighted by molar-refractivity contribution is 4.75. The van der Waals surface area contributed by atoms with E-state index >= 15 is 0 Å². The molecule has 0 amide bonds. The van der Waals surface area contributed by atoms with Gasteiger partial charge in [-0.25, -0.2) is 0 Å². The molecule has 0 fully saturated rings. The smallest absolute Gasteiger partial charge is 0.0726 e. The highest BCUT2D eigenvalue weighted by Gasteiger charge is 2.18. The van der Waals surface area contributed by atoms with Gasteiger partial charge in [-0.05, 0) is 13.3 Å². The average molecular weight is 112 g/mol. The van der Waals surface area contributed by atoms with Crippen LogP contribution in [0.3, 0.4) is 0 Å². The molecule has 0 radical (unpaired) electrons. The molecule has 2 unspecified atom stereocenters. The van der Waals surface area contributed by atoms with E-state index in [4.69, 9.17) is 0 Å². The van der Waals surface area contributed by atoms with Crippen molar-refractivity contribution in [1.29, 1.82) is 0 Å².